The first-order valence-electron chi connectivity index (χ1n) is 18.2. The van der Waals surface area contributed by atoms with Crippen LogP contribution in [0.25, 0.3) is 70.9 Å². The van der Waals surface area contributed by atoms with Crippen LogP contribution in [0.2, 0.25) is 0 Å². The number of anilines is 3. The average molecular weight is 615 g/mol. The summed E-state index contributed by atoms with van der Waals surface area (Å²) >= 11 is 0. The average Bonchev–Trinajstić information content (AvgIpc) is 3.55. The van der Waals surface area contributed by atoms with Crippen LogP contribution in [0, 0.1) is 0 Å². The molecule has 10 aromatic rings. The highest BCUT2D eigenvalue weighted by molar-refractivity contribution is 6.32. The van der Waals surface area contributed by atoms with Gasteiger partial charge in [-0.15, -0.1) is 0 Å². The van der Waals surface area contributed by atoms with E-state index in [9.17, 15) is 0 Å². The number of aromatic nitrogens is 1. The molecule has 0 saturated carbocycles. The van der Waals surface area contributed by atoms with E-state index in [4.69, 9.17) is 5.48 Å². The van der Waals surface area contributed by atoms with Crippen molar-refractivity contribution in [3.05, 3.63) is 182 Å². The van der Waals surface area contributed by atoms with Gasteiger partial charge in [0.15, 0.2) is 0 Å². The molecule has 0 amide bonds. The molecular weight excluding hydrogens is 581 g/mol. The quantitative estimate of drug-likeness (QED) is 0.175. The maximum absolute atomic E-state index is 9.03. The Bertz CT molecular complexity index is 2940. The Balaban J connectivity index is 1.22. The van der Waals surface area contributed by atoms with Crippen molar-refractivity contribution in [2.75, 3.05) is 4.90 Å². The van der Waals surface area contributed by atoms with Crippen LogP contribution in [0.3, 0.4) is 0 Å². The summed E-state index contributed by atoms with van der Waals surface area (Å²) in [5.41, 5.74) is 7.74. The molecule has 0 saturated heterocycles. The number of hydrogen-bond acceptors (Lipinski definition) is 1. The topological polar surface area (TPSA) is 8.17 Å². The van der Waals surface area contributed by atoms with E-state index in [0.717, 1.165) is 77.1 Å². The van der Waals surface area contributed by atoms with Crippen LogP contribution in [0.15, 0.2) is 182 Å². The number of fused-ring (bicyclic) bond motifs is 4. The van der Waals surface area contributed by atoms with E-state index < -0.39 is 0 Å². The highest BCUT2D eigenvalue weighted by Crippen LogP contribution is 2.45. The van der Waals surface area contributed by atoms with Crippen molar-refractivity contribution in [3.8, 4) is 16.8 Å². The van der Waals surface area contributed by atoms with E-state index >= 15 is 0 Å². The van der Waals surface area contributed by atoms with Gasteiger partial charge in [-0.05, 0) is 98.7 Å². The van der Waals surface area contributed by atoms with Crippen LogP contribution in [0.4, 0.5) is 17.1 Å². The van der Waals surface area contributed by atoms with Crippen molar-refractivity contribution in [1.29, 1.82) is 0 Å². The third-order valence-electron chi connectivity index (χ3n) is 9.62. The second-order valence-electron chi connectivity index (χ2n) is 12.3. The predicted molar refractivity (Wildman–Crippen MR) is 205 cm³/mol. The van der Waals surface area contributed by atoms with Crippen LogP contribution < -0.4 is 4.90 Å². The molecule has 0 atom stereocenters. The summed E-state index contributed by atoms with van der Waals surface area (Å²) in [6, 6.07) is 54.2. The second kappa shape index (κ2) is 10.6. The Morgan fingerprint density at radius 1 is 0.458 bits per heavy atom. The first-order chi connectivity index (χ1) is 25.5. The molecule has 0 bridgehead atoms. The summed E-state index contributed by atoms with van der Waals surface area (Å²) in [6.45, 7) is 0. The molecular formula is C46H30N2. The van der Waals surface area contributed by atoms with Gasteiger partial charge in [0.25, 0.3) is 0 Å². The zero-order chi connectivity index (χ0) is 35.1. The monoisotopic (exact) mass is 614 g/mol. The van der Waals surface area contributed by atoms with Crippen LogP contribution in [-0.4, -0.2) is 4.57 Å². The fourth-order valence-electron chi connectivity index (χ4n) is 7.55. The van der Waals surface area contributed by atoms with Crippen LogP contribution >= 0.6 is 0 Å². The van der Waals surface area contributed by atoms with Crippen LogP contribution in [0.1, 0.15) is 5.48 Å². The molecule has 1 aromatic heterocycles. The third-order valence-corrected chi connectivity index (χ3v) is 9.62. The largest absolute Gasteiger partial charge is 0.311 e. The molecule has 0 spiro atoms. The molecule has 0 aliphatic carbocycles. The van der Waals surface area contributed by atoms with Gasteiger partial charge in [0.1, 0.15) is 0 Å². The van der Waals surface area contributed by atoms with E-state index in [-0.39, 0.29) is 24.2 Å². The van der Waals surface area contributed by atoms with Crippen molar-refractivity contribution in [3.63, 3.8) is 0 Å². The molecule has 2 nitrogen and oxygen atoms in total. The van der Waals surface area contributed by atoms with Gasteiger partial charge in [0.2, 0.25) is 0 Å². The van der Waals surface area contributed by atoms with E-state index in [1.165, 1.54) is 0 Å². The molecule has 0 unspecified atom stereocenters. The summed E-state index contributed by atoms with van der Waals surface area (Å²) in [7, 11) is 0. The Kier molecular flexibility index (Phi) is 5.08. The van der Waals surface area contributed by atoms with Gasteiger partial charge in [0, 0.05) is 38.9 Å². The molecule has 9 aromatic carbocycles. The Labute approximate surface area is 284 Å². The van der Waals surface area contributed by atoms with Gasteiger partial charge in [-0.25, -0.2) is 0 Å². The van der Waals surface area contributed by atoms with E-state index in [0.29, 0.717) is 10.9 Å². The fraction of sp³-hybridized carbons (Fsp3) is 0. The molecule has 0 aliphatic heterocycles. The molecule has 1 heterocycles. The SMILES string of the molecule is [2H]c1c([2H])c([2H])c2c(c1[2H])c1cc3ccc4c(-c5ccc(N(c6ccccc6)c6ccccc6)cc5)ccc5ccc(c3c54)c1n2-c1ccccc1. The number of para-hydroxylation sites is 4. The van der Waals surface area contributed by atoms with Crippen molar-refractivity contribution in [2.45, 2.75) is 0 Å². The molecule has 10 rings (SSSR count). The van der Waals surface area contributed by atoms with Crippen molar-refractivity contribution < 1.29 is 5.48 Å². The summed E-state index contributed by atoms with van der Waals surface area (Å²) in [5.74, 6) is 0. The first kappa shape index (κ1) is 23.0. The van der Waals surface area contributed by atoms with E-state index in [1.807, 2.05) is 47.0 Å². The summed E-state index contributed by atoms with van der Waals surface area (Å²) in [5, 5.41) is 7.97. The van der Waals surface area contributed by atoms with Gasteiger partial charge < -0.3 is 9.47 Å². The molecule has 2 heteroatoms. The summed E-state index contributed by atoms with van der Waals surface area (Å²) in [4.78, 5) is 2.27. The molecule has 0 radical (unpaired) electrons. The highest BCUT2D eigenvalue weighted by Gasteiger charge is 2.20. The van der Waals surface area contributed by atoms with Crippen LogP contribution in [-0.2, 0) is 0 Å². The number of benzene rings is 9. The summed E-state index contributed by atoms with van der Waals surface area (Å²) < 4.78 is 37.2. The lowest BCUT2D eigenvalue weighted by Gasteiger charge is -2.25. The number of nitrogens with zero attached hydrogens (tertiary/aromatic N) is 2. The molecule has 0 aliphatic rings. The predicted octanol–water partition coefficient (Wildman–Crippen LogP) is 12.8. The molecule has 0 fully saturated rings. The third kappa shape index (κ3) is 4.00. The zero-order valence-electron chi connectivity index (χ0n) is 29.9. The minimum Gasteiger partial charge on any atom is -0.311 e. The molecule has 48 heavy (non-hydrogen) atoms. The minimum atomic E-state index is -0.231. The lowest BCUT2D eigenvalue weighted by molar-refractivity contribution is 1.19. The van der Waals surface area contributed by atoms with Crippen molar-refractivity contribution >= 4 is 71.2 Å². The standard InChI is InChI=1S/C46H30N2/c1-4-12-34(13-5-1)47(35-14-6-2-7-15-35)37-25-20-31(21-26-37)38-27-22-32-23-29-41-45-33(24-28-40(38)44(32)45)30-42-39-18-10-11-19-43(39)48(46(41)42)36-16-8-3-9-17-36/h1-30H/i10D,11D,18D,19D. The van der Waals surface area contributed by atoms with E-state index in [1.54, 1.807) is 0 Å². The van der Waals surface area contributed by atoms with Gasteiger partial charge >= 0.3 is 0 Å². The number of rotatable bonds is 5. The Morgan fingerprint density at radius 2 is 1.04 bits per heavy atom. The smallest absolute Gasteiger partial charge is 0.0645 e. The highest BCUT2D eigenvalue weighted by atomic mass is 15.1. The lowest BCUT2D eigenvalue weighted by Crippen LogP contribution is -2.09. The van der Waals surface area contributed by atoms with Gasteiger partial charge in [0.05, 0.1) is 16.5 Å². The van der Waals surface area contributed by atoms with Gasteiger partial charge in [-0.3, -0.25) is 0 Å². The second-order valence-corrected chi connectivity index (χ2v) is 12.3. The fourth-order valence-corrected chi connectivity index (χ4v) is 7.55. The van der Waals surface area contributed by atoms with Crippen molar-refractivity contribution in [1.82, 2.24) is 4.57 Å². The summed E-state index contributed by atoms with van der Waals surface area (Å²) in [6.07, 6.45) is 0. The lowest BCUT2D eigenvalue weighted by atomic mass is 9.89. The zero-order valence-corrected chi connectivity index (χ0v) is 25.9. The van der Waals surface area contributed by atoms with Crippen molar-refractivity contribution in [2.24, 2.45) is 0 Å². The maximum Gasteiger partial charge on any atom is 0.0645 e. The van der Waals surface area contributed by atoms with Gasteiger partial charge in [-0.2, -0.15) is 0 Å². The van der Waals surface area contributed by atoms with Gasteiger partial charge in [-0.1, -0.05) is 121 Å². The van der Waals surface area contributed by atoms with E-state index in [2.05, 4.69) is 120 Å². The molecule has 224 valence electrons. The maximum atomic E-state index is 9.03. The number of hydrogen-bond donors (Lipinski definition) is 0. The minimum absolute atomic E-state index is 0.0210. The van der Waals surface area contributed by atoms with Crippen LogP contribution in [0.5, 0.6) is 0 Å². The first-order valence-corrected chi connectivity index (χ1v) is 16.2. The normalized spacial score (nSPS) is 12.9. The Hall–Kier alpha value is -6.38. The Morgan fingerprint density at radius 3 is 1.77 bits per heavy atom. The molecule has 0 N–H and O–H groups in total.